The van der Waals surface area contributed by atoms with Crippen LogP contribution in [0.25, 0.3) is 11.3 Å². The van der Waals surface area contributed by atoms with Crippen LogP contribution in [-0.2, 0) is 10.0 Å². The van der Waals surface area contributed by atoms with E-state index in [1.165, 1.54) is 68.8 Å². The van der Waals surface area contributed by atoms with Gasteiger partial charge < -0.3 is 9.47 Å². The number of nitrogens with zero attached hydrogens (tertiary/aromatic N) is 3. The molecular weight excluding hydrogens is 584 g/mol. The molecular formula is C34H25F2N3O4S. The van der Waals surface area contributed by atoms with E-state index in [1.807, 2.05) is 6.92 Å². The van der Waals surface area contributed by atoms with Gasteiger partial charge in [0, 0.05) is 11.1 Å². The summed E-state index contributed by atoms with van der Waals surface area (Å²) in [5, 5.41) is 21.3. The van der Waals surface area contributed by atoms with Crippen LogP contribution in [0.5, 0.6) is 11.5 Å². The fourth-order valence-electron chi connectivity index (χ4n) is 5.17. The fraction of sp³-hybridized carbons (Fsp3) is 0.118. The molecule has 4 aromatic rings. The number of halogens is 2. The van der Waals surface area contributed by atoms with Crippen LogP contribution in [0.1, 0.15) is 28.3 Å². The van der Waals surface area contributed by atoms with Gasteiger partial charge in [-0.05, 0) is 72.6 Å². The molecule has 0 spiro atoms. The molecule has 1 aliphatic rings. The number of rotatable bonds is 7. The van der Waals surface area contributed by atoms with Crippen LogP contribution >= 0.6 is 0 Å². The van der Waals surface area contributed by atoms with Crippen LogP contribution in [0.2, 0.25) is 0 Å². The van der Waals surface area contributed by atoms with E-state index < -0.39 is 27.7 Å². The van der Waals surface area contributed by atoms with Gasteiger partial charge in [0.1, 0.15) is 23.7 Å². The van der Waals surface area contributed by atoms with Gasteiger partial charge in [0.25, 0.3) is 10.0 Å². The highest BCUT2D eigenvalue weighted by Crippen LogP contribution is 2.50. The summed E-state index contributed by atoms with van der Waals surface area (Å²) >= 11 is 0. The SMILES string of the molecule is COc1ccc(C2=C(C#N)C(c3ccc(F)cc3)=C(C#N)C(c3ccc(F)cc3)N2S(=O)(=O)c2ccc(C)cc2)cc1OC. The third kappa shape index (κ3) is 5.28. The molecule has 220 valence electrons. The van der Waals surface area contributed by atoms with Crippen LogP contribution in [0.4, 0.5) is 8.78 Å². The molecule has 1 heterocycles. The molecule has 0 aromatic heterocycles. The van der Waals surface area contributed by atoms with Crippen LogP contribution < -0.4 is 9.47 Å². The third-order valence-electron chi connectivity index (χ3n) is 7.27. The van der Waals surface area contributed by atoms with Crippen molar-refractivity contribution in [2.24, 2.45) is 0 Å². The number of ether oxygens (including phenoxy) is 2. The highest BCUT2D eigenvalue weighted by Gasteiger charge is 2.44. The molecule has 0 saturated heterocycles. The summed E-state index contributed by atoms with van der Waals surface area (Å²) in [6, 6.07) is 24.1. The van der Waals surface area contributed by atoms with Crippen molar-refractivity contribution in [3.8, 4) is 23.6 Å². The standard InChI is InChI=1S/C34H25F2N3O4S/c1-21-4-15-27(16-5-21)44(40,41)39-33(23-8-13-26(36)14-9-23)28(19-37)32(22-6-11-25(35)12-7-22)29(20-38)34(39)24-10-17-30(42-2)31(18-24)43-3/h4-18,33H,1-3H3. The molecule has 0 N–H and O–H groups in total. The van der Waals surface area contributed by atoms with Crippen LogP contribution in [-0.4, -0.2) is 26.9 Å². The molecule has 0 amide bonds. The van der Waals surface area contributed by atoms with E-state index in [-0.39, 0.29) is 44.2 Å². The first-order chi connectivity index (χ1) is 21.1. The molecule has 7 nitrogen and oxygen atoms in total. The lowest BCUT2D eigenvalue weighted by Crippen LogP contribution is -2.38. The zero-order valence-electron chi connectivity index (χ0n) is 23.9. The van der Waals surface area contributed by atoms with E-state index in [1.54, 1.807) is 24.3 Å². The highest BCUT2D eigenvalue weighted by molar-refractivity contribution is 7.89. The summed E-state index contributed by atoms with van der Waals surface area (Å²) in [6.45, 7) is 1.81. The molecule has 44 heavy (non-hydrogen) atoms. The maximum absolute atomic E-state index is 14.7. The minimum absolute atomic E-state index is 0.0540. The Morgan fingerprint density at radius 3 is 1.86 bits per heavy atom. The normalized spacial score (nSPS) is 15.1. The first-order valence-corrected chi connectivity index (χ1v) is 14.7. The average Bonchev–Trinajstić information content (AvgIpc) is 3.04. The fourth-order valence-corrected chi connectivity index (χ4v) is 6.82. The molecule has 0 saturated carbocycles. The number of allylic oxidation sites excluding steroid dienone is 2. The minimum Gasteiger partial charge on any atom is -0.493 e. The second kappa shape index (κ2) is 12.0. The second-order valence-electron chi connectivity index (χ2n) is 9.88. The highest BCUT2D eigenvalue weighted by atomic mass is 32.2. The Labute approximate surface area is 254 Å². The lowest BCUT2D eigenvalue weighted by Gasteiger charge is -2.39. The topological polar surface area (TPSA) is 103 Å². The van der Waals surface area contributed by atoms with E-state index >= 15 is 0 Å². The van der Waals surface area contributed by atoms with Crippen LogP contribution in [0, 0.1) is 41.2 Å². The lowest BCUT2D eigenvalue weighted by molar-refractivity contribution is 0.354. The Morgan fingerprint density at radius 2 is 1.32 bits per heavy atom. The Morgan fingerprint density at radius 1 is 0.750 bits per heavy atom. The summed E-state index contributed by atoms with van der Waals surface area (Å²) in [5.41, 5.74) is 1.49. The maximum Gasteiger partial charge on any atom is 0.265 e. The molecule has 0 aliphatic carbocycles. The number of aryl methyl sites for hydroxylation is 1. The number of nitriles is 2. The lowest BCUT2D eigenvalue weighted by atomic mass is 9.82. The van der Waals surface area contributed by atoms with E-state index in [4.69, 9.17) is 9.47 Å². The predicted octanol–water partition coefficient (Wildman–Crippen LogP) is 6.95. The summed E-state index contributed by atoms with van der Waals surface area (Å²) in [4.78, 5) is -0.0898. The zero-order chi connectivity index (χ0) is 31.6. The summed E-state index contributed by atoms with van der Waals surface area (Å²) < 4.78 is 69.4. The molecule has 1 aliphatic heterocycles. The molecule has 4 aromatic carbocycles. The van der Waals surface area contributed by atoms with E-state index in [0.717, 1.165) is 22.0 Å². The van der Waals surface area contributed by atoms with Gasteiger partial charge in [-0.15, -0.1) is 0 Å². The van der Waals surface area contributed by atoms with Gasteiger partial charge >= 0.3 is 0 Å². The molecule has 10 heteroatoms. The summed E-state index contributed by atoms with van der Waals surface area (Å²) in [5.74, 6) is -0.475. The molecule has 1 atom stereocenters. The number of methoxy groups -OCH3 is 2. The van der Waals surface area contributed by atoms with Crippen molar-refractivity contribution in [1.29, 1.82) is 10.5 Å². The van der Waals surface area contributed by atoms with Gasteiger partial charge in [-0.25, -0.2) is 17.2 Å². The van der Waals surface area contributed by atoms with Gasteiger partial charge in [0.05, 0.1) is 42.0 Å². The third-order valence-corrected chi connectivity index (χ3v) is 9.05. The van der Waals surface area contributed by atoms with Crippen molar-refractivity contribution in [2.75, 3.05) is 14.2 Å². The van der Waals surface area contributed by atoms with E-state index in [2.05, 4.69) is 12.1 Å². The first-order valence-electron chi connectivity index (χ1n) is 13.3. The van der Waals surface area contributed by atoms with Gasteiger partial charge in [-0.3, -0.25) is 4.31 Å². The number of sulfonamides is 1. The van der Waals surface area contributed by atoms with E-state index in [0.29, 0.717) is 11.3 Å². The molecule has 0 bridgehead atoms. The summed E-state index contributed by atoms with van der Waals surface area (Å²) in [6.07, 6.45) is 0. The van der Waals surface area contributed by atoms with Crippen molar-refractivity contribution < 1.29 is 26.7 Å². The monoisotopic (exact) mass is 609 g/mol. The van der Waals surface area contributed by atoms with Crippen molar-refractivity contribution in [3.05, 3.63) is 136 Å². The van der Waals surface area contributed by atoms with Gasteiger partial charge in [0.15, 0.2) is 11.5 Å². The largest absolute Gasteiger partial charge is 0.493 e. The number of hydrogen-bond acceptors (Lipinski definition) is 6. The summed E-state index contributed by atoms with van der Waals surface area (Å²) in [7, 11) is -1.64. The second-order valence-corrected chi connectivity index (χ2v) is 11.7. The van der Waals surface area contributed by atoms with Crippen molar-refractivity contribution in [3.63, 3.8) is 0 Å². The molecule has 0 radical (unpaired) electrons. The first kappa shape index (κ1) is 30.0. The van der Waals surface area contributed by atoms with Gasteiger partial charge in [-0.1, -0.05) is 42.0 Å². The predicted molar refractivity (Wildman–Crippen MR) is 160 cm³/mol. The van der Waals surface area contributed by atoms with Crippen LogP contribution in [0.15, 0.2) is 107 Å². The van der Waals surface area contributed by atoms with Crippen LogP contribution in [0.3, 0.4) is 0 Å². The Hall–Kier alpha value is -5.45. The smallest absolute Gasteiger partial charge is 0.265 e. The molecule has 0 fully saturated rings. The quantitative estimate of drug-likeness (QED) is 0.225. The zero-order valence-corrected chi connectivity index (χ0v) is 24.7. The van der Waals surface area contributed by atoms with Gasteiger partial charge in [0.2, 0.25) is 0 Å². The molecule has 5 rings (SSSR count). The molecule has 1 unspecified atom stereocenters. The number of benzene rings is 4. The maximum atomic E-state index is 14.7. The average molecular weight is 610 g/mol. The van der Waals surface area contributed by atoms with Crippen molar-refractivity contribution in [1.82, 2.24) is 4.31 Å². The Bertz CT molecular complexity index is 1990. The van der Waals surface area contributed by atoms with Gasteiger partial charge in [-0.2, -0.15) is 10.5 Å². The van der Waals surface area contributed by atoms with E-state index in [9.17, 15) is 27.7 Å². The Balaban J connectivity index is 1.96. The van der Waals surface area contributed by atoms with Crippen molar-refractivity contribution >= 4 is 21.3 Å². The van der Waals surface area contributed by atoms with Crippen molar-refractivity contribution in [2.45, 2.75) is 17.9 Å². The number of hydrogen-bond donors (Lipinski definition) is 0. The Kier molecular flexibility index (Phi) is 8.21. The minimum atomic E-state index is -4.50.